The first-order valence-electron chi connectivity index (χ1n) is 1.90. The topological polar surface area (TPSA) is 18.5 Å². The highest BCUT2D eigenvalue weighted by molar-refractivity contribution is 4.59. The molecule has 5 heteroatoms. The minimum atomic E-state index is -3.74. The van der Waals surface area contributed by atoms with Gasteiger partial charge >= 0.3 is 6.11 Å². The first-order valence-corrected chi connectivity index (χ1v) is 1.90. The molecule has 0 radical (unpaired) electrons. The molecule has 0 spiro atoms. The highest BCUT2D eigenvalue weighted by atomic mass is 19.3. The van der Waals surface area contributed by atoms with Crippen molar-refractivity contribution in [1.29, 1.82) is 0 Å². The van der Waals surface area contributed by atoms with Crippen LogP contribution in [-0.4, -0.2) is 19.3 Å². The molecule has 48 valence electrons. The largest absolute Gasteiger partial charge is 0.413 e. The molecule has 0 aromatic heterocycles. The molecule has 1 aliphatic heterocycles. The van der Waals surface area contributed by atoms with Crippen LogP contribution in [0.3, 0.4) is 0 Å². The zero-order valence-electron chi connectivity index (χ0n) is 3.73. The van der Waals surface area contributed by atoms with E-state index in [1.807, 2.05) is 0 Å². The number of ether oxygens (including phenoxy) is 2. The van der Waals surface area contributed by atoms with E-state index in [1.54, 1.807) is 0 Å². The van der Waals surface area contributed by atoms with E-state index < -0.39 is 19.3 Å². The van der Waals surface area contributed by atoms with E-state index in [9.17, 15) is 13.2 Å². The van der Waals surface area contributed by atoms with Crippen molar-refractivity contribution in [2.24, 2.45) is 0 Å². The molecular formula is C3H3F3O2. The van der Waals surface area contributed by atoms with E-state index in [1.165, 1.54) is 0 Å². The summed E-state index contributed by atoms with van der Waals surface area (Å²) >= 11 is 0. The van der Waals surface area contributed by atoms with Crippen LogP contribution in [0.4, 0.5) is 13.2 Å². The maximum absolute atomic E-state index is 11.6. The Morgan fingerprint density at radius 2 is 2.12 bits per heavy atom. The summed E-state index contributed by atoms with van der Waals surface area (Å²) in [5.41, 5.74) is 0. The Labute approximate surface area is 43.2 Å². The van der Waals surface area contributed by atoms with Gasteiger partial charge in [0.05, 0.1) is 0 Å². The van der Waals surface area contributed by atoms with E-state index >= 15 is 0 Å². The van der Waals surface area contributed by atoms with Crippen LogP contribution in [-0.2, 0) is 9.47 Å². The summed E-state index contributed by atoms with van der Waals surface area (Å²) in [6.07, 6.45) is -6.33. The van der Waals surface area contributed by atoms with Crippen molar-refractivity contribution in [2.45, 2.75) is 12.5 Å². The minimum Gasteiger partial charge on any atom is -0.314 e. The van der Waals surface area contributed by atoms with Gasteiger partial charge in [-0.3, -0.25) is 4.74 Å². The molecule has 1 unspecified atom stereocenters. The van der Waals surface area contributed by atoms with Crippen molar-refractivity contribution in [1.82, 2.24) is 0 Å². The van der Waals surface area contributed by atoms with Gasteiger partial charge in [0.2, 0.25) is 0 Å². The van der Waals surface area contributed by atoms with Crippen molar-refractivity contribution in [3.8, 4) is 0 Å². The van der Waals surface area contributed by atoms with Crippen LogP contribution >= 0.6 is 0 Å². The second-order valence-corrected chi connectivity index (χ2v) is 1.31. The van der Waals surface area contributed by atoms with Crippen LogP contribution in [0.2, 0.25) is 0 Å². The molecule has 2 nitrogen and oxygen atoms in total. The maximum Gasteiger partial charge on any atom is 0.413 e. The van der Waals surface area contributed by atoms with E-state index in [0.717, 1.165) is 0 Å². The molecule has 0 amide bonds. The molecule has 0 bridgehead atoms. The van der Waals surface area contributed by atoms with Crippen LogP contribution in [0.5, 0.6) is 0 Å². The number of alkyl halides is 3. The molecule has 1 saturated heterocycles. The lowest BCUT2D eigenvalue weighted by atomic mass is 10.6. The van der Waals surface area contributed by atoms with Crippen LogP contribution in [0.1, 0.15) is 0 Å². The number of rotatable bonds is 0. The summed E-state index contributed by atoms with van der Waals surface area (Å²) in [6, 6.07) is 0. The molecule has 0 aliphatic carbocycles. The van der Waals surface area contributed by atoms with Gasteiger partial charge in [-0.25, -0.2) is 4.39 Å². The van der Waals surface area contributed by atoms with E-state index in [0.29, 0.717) is 0 Å². The summed E-state index contributed by atoms with van der Waals surface area (Å²) in [5.74, 6) is 0. The third-order valence-corrected chi connectivity index (χ3v) is 0.730. The second-order valence-electron chi connectivity index (χ2n) is 1.31. The van der Waals surface area contributed by atoms with Gasteiger partial charge in [-0.15, -0.1) is 0 Å². The summed E-state index contributed by atoms with van der Waals surface area (Å²) in [4.78, 5) is 0. The number of halogens is 3. The smallest absolute Gasteiger partial charge is 0.314 e. The van der Waals surface area contributed by atoms with Crippen molar-refractivity contribution in [3.63, 3.8) is 0 Å². The number of hydrogen-bond acceptors (Lipinski definition) is 2. The fraction of sp³-hybridized carbons (Fsp3) is 1.00. The lowest BCUT2D eigenvalue weighted by molar-refractivity contribution is -0.239. The summed E-state index contributed by atoms with van der Waals surface area (Å²) < 4.78 is 42.1. The molecule has 0 aromatic carbocycles. The van der Waals surface area contributed by atoms with Crippen molar-refractivity contribution >= 4 is 0 Å². The SMILES string of the molecule is FC1OCOC1(F)F. The second kappa shape index (κ2) is 1.60. The Bertz CT molecular complexity index is 94.5. The average Bonchev–Trinajstić information content (AvgIpc) is 1.86. The minimum absolute atomic E-state index is 0.672. The third kappa shape index (κ3) is 0.784. The van der Waals surface area contributed by atoms with Gasteiger partial charge in [0.25, 0.3) is 6.36 Å². The van der Waals surface area contributed by atoms with E-state index in [2.05, 4.69) is 9.47 Å². The van der Waals surface area contributed by atoms with Crippen LogP contribution < -0.4 is 0 Å². The first-order chi connectivity index (χ1) is 3.63. The molecule has 8 heavy (non-hydrogen) atoms. The Kier molecular flexibility index (Phi) is 1.16. The van der Waals surface area contributed by atoms with Gasteiger partial charge in [0, 0.05) is 0 Å². The van der Waals surface area contributed by atoms with Crippen LogP contribution in [0, 0.1) is 0 Å². The van der Waals surface area contributed by atoms with Gasteiger partial charge in [-0.1, -0.05) is 0 Å². The van der Waals surface area contributed by atoms with E-state index in [-0.39, 0.29) is 0 Å². The fourth-order valence-electron chi connectivity index (χ4n) is 0.335. The molecule has 1 heterocycles. The van der Waals surface area contributed by atoms with Crippen molar-refractivity contribution in [2.75, 3.05) is 6.79 Å². The third-order valence-electron chi connectivity index (χ3n) is 0.730. The first kappa shape index (κ1) is 5.84. The molecule has 1 aliphatic rings. The molecule has 1 rings (SSSR count). The monoisotopic (exact) mass is 128 g/mol. The predicted molar refractivity (Wildman–Crippen MR) is 16.9 cm³/mol. The van der Waals surface area contributed by atoms with Gasteiger partial charge in [-0.05, 0) is 0 Å². The molecule has 0 aromatic rings. The zero-order chi connectivity index (χ0) is 6.20. The summed E-state index contributed by atoms with van der Waals surface area (Å²) in [6.45, 7) is -0.672. The molecule has 0 N–H and O–H groups in total. The molecule has 0 saturated carbocycles. The molecule has 1 fully saturated rings. The fourth-order valence-corrected chi connectivity index (χ4v) is 0.335. The molecular weight excluding hydrogens is 125 g/mol. The van der Waals surface area contributed by atoms with Crippen molar-refractivity contribution in [3.05, 3.63) is 0 Å². The summed E-state index contributed by atoms with van der Waals surface area (Å²) in [5, 5.41) is 0. The van der Waals surface area contributed by atoms with Gasteiger partial charge in [0.15, 0.2) is 6.79 Å². The Hall–Kier alpha value is -0.290. The standard InChI is InChI=1S/C3H3F3O2/c4-2-3(5,6)8-1-7-2/h2H,1H2. The van der Waals surface area contributed by atoms with Gasteiger partial charge in [-0.2, -0.15) is 8.78 Å². The Balaban J connectivity index is 2.54. The summed E-state index contributed by atoms with van der Waals surface area (Å²) in [7, 11) is 0. The van der Waals surface area contributed by atoms with E-state index in [4.69, 9.17) is 0 Å². The number of hydrogen-bond donors (Lipinski definition) is 0. The Morgan fingerprint density at radius 3 is 2.25 bits per heavy atom. The quantitative estimate of drug-likeness (QED) is 0.482. The Morgan fingerprint density at radius 1 is 1.50 bits per heavy atom. The normalized spacial score (nSPS) is 35.6. The van der Waals surface area contributed by atoms with Gasteiger partial charge < -0.3 is 4.74 Å². The lowest BCUT2D eigenvalue weighted by Crippen LogP contribution is -2.25. The van der Waals surface area contributed by atoms with Crippen LogP contribution in [0.15, 0.2) is 0 Å². The molecule has 1 atom stereocenters. The van der Waals surface area contributed by atoms with Gasteiger partial charge in [0.1, 0.15) is 0 Å². The predicted octanol–water partition coefficient (Wildman–Crippen LogP) is 0.879. The van der Waals surface area contributed by atoms with Crippen LogP contribution in [0.25, 0.3) is 0 Å². The average molecular weight is 128 g/mol. The highest BCUT2D eigenvalue weighted by Crippen LogP contribution is 2.28. The zero-order valence-corrected chi connectivity index (χ0v) is 3.73. The van der Waals surface area contributed by atoms with Crippen molar-refractivity contribution < 1.29 is 22.6 Å². The lowest BCUT2D eigenvalue weighted by Gasteiger charge is -2.05. The maximum atomic E-state index is 11.6. The highest BCUT2D eigenvalue weighted by Gasteiger charge is 2.48.